The first kappa shape index (κ1) is 16.4. The molecule has 1 amide bonds. The molecule has 0 saturated heterocycles. The summed E-state index contributed by atoms with van der Waals surface area (Å²) in [6.07, 6.45) is 0. The number of amides is 1. The number of aromatic nitrogens is 1. The summed E-state index contributed by atoms with van der Waals surface area (Å²) in [6, 6.07) is 19.4. The Labute approximate surface area is 145 Å². The predicted octanol–water partition coefficient (Wildman–Crippen LogP) is 4.01. The summed E-state index contributed by atoms with van der Waals surface area (Å²) in [4.78, 5) is 28.3. The topological polar surface area (TPSA) is 79.3 Å². The summed E-state index contributed by atoms with van der Waals surface area (Å²) >= 11 is 0. The van der Waals surface area contributed by atoms with Gasteiger partial charge < -0.3 is 10.4 Å². The first-order chi connectivity index (χ1) is 12.0. The lowest BCUT2D eigenvalue weighted by atomic mass is 9.98. The van der Waals surface area contributed by atoms with Gasteiger partial charge in [-0.1, -0.05) is 42.5 Å². The maximum atomic E-state index is 12.5. The van der Waals surface area contributed by atoms with Crippen molar-refractivity contribution in [1.82, 2.24) is 4.98 Å². The number of carbonyl (C=O) groups is 2. The number of nitrogens with zero attached hydrogens (tertiary/aromatic N) is 1. The number of nitrogens with one attached hydrogen (secondary N) is 1. The molecule has 0 radical (unpaired) electrons. The van der Waals surface area contributed by atoms with Crippen LogP contribution in [0.4, 0.5) is 5.82 Å². The summed E-state index contributed by atoms with van der Waals surface area (Å²) < 4.78 is 0. The number of benzene rings is 2. The third kappa shape index (κ3) is 3.72. The Kier molecular flexibility index (Phi) is 4.57. The Morgan fingerprint density at radius 1 is 0.880 bits per heavy atom. The van der Waals surface area contributed by atoms with Crippen molar-refractivity contribution in [3.05, 3.63) is 83.6 Å². The number of aromatic carboxylic acids is 1. The van der Waals surface area contributed by atoms with Crippen molar-refractivity contribution < 1.29 is 14.7 Å². The van der Waals surface area contributed by atoms with E-state index in [9.17, 15) is 14.7 Å². The zero-order valence-corrected chi connectivity index (χ0v) is 13.6. The van der Waals surface area contributed by atoms with Gasteiger partial charge in [-0.05, 0) is 42.3 Å². The summed E-state index contributed by atoms with van der Waals surface area (Å²) in [6.45, 7) is 1.81. The molecule has 3 aromatic rings. The highest BCUT2D eigenvalue weighted by atomic mass is 16.4. The van der Waals surface area contributed by atoms with Gasteiger partial charge in [0.2, 0.25) is 0 Å². The molecule has 3 rings (SSSR count). The molecule has 124 valence electrons. The highest BCUT2D eigenvalue weighted by Gasteiger charge is 2.18. The first-order valence-corrected chi connectivity index (χ1v) is 7.72. The fourth-order valence-corrected chi connectivity index (χ4v) is 2.53. The molecule has 0 atom stereocenters. The molecule has 0 spiro atoms. The summed E-state index contributed by atoms with van der Waals surface area (Å²) in [5.74, 6) is -1.27. The molecular weight excluding hydrogens is 316 g/mol. The number of rotatable bonds is 4. The molecule has 1 heterocycles. The van der Waals surface area contributed by atoms with Crippen LogP contribution in [-0.2, 0) is 0 Å². The smallest absolute Gasteiger partial charge is 0.336 e. The number of carboxylic acid groups (broad SMARTS) is 1. The van der Waals surface area contributed by atoms with Crippen LogP contribution in [0, 0.1) is 6.92 Å². The van der Waals surface area contributed by atoms with E-state index < -0.39 is 11.9 Å². The second-order valence-corrected chi connectivity index (χ2v) is 5.55. The second-order valence-electron chi connectivity index (χ2n) is 5.55. The number of pyridine rings is 1. The molecule has 5 heteroatoms. The molecule has 25 heavy (non-hydrogen) atoms. The highest BCUT2D eigenvalue weighted by Crippen LogP contribution is 2.23. The minimum atomic E-state index is -1.15. The standard InChI is InChI=1S/C20H16N2O3/c1-13-6-5-9-18(21-13)22-19(23)16-11-10-15(12-17(16)20(24)25)14-7-3-2-4-8-14/h2-12H,1H3,(H,24,25)(H,21,22,23). The molecule has 0 aliphatic carbocycles. The predicted molar refractivity (Wildman–Crippen MR) is 95.8 cm³/mol. The second kappa shape index (κ2) is 6.97. The third-order valence-corrected chi connectivity index (χ3v) is 3.73. The lowest BCUT2D eigenvalue weighted by Gasteiger charge is -2.10. The van der Waals surface area contributed by atoms with Crippen molar-refractivity contribution in [2.24, 2.45) is 0 Å². The van der Waals surface area contributed by atoms with Crippen LogP contribution < -0.4 is 5.32 Å². The van der Waals surface area contributed by atoms with Crippen LogP contribution in [-0.4, -0.2) is 22.0 Å². The van der Waals surface area contributed by atoms with Gasteiger partial charge in [0, 0.05) is 5.69 Å². The van der Waals surface area contributed by atoms with Crippen molar-refractivity contribution in [2.75, 3.05) is 5.32 Å². The molecule has 2 aromatic carbocycles. The highest BCUT2D eigenvalue weighted by molar-refractivity contribution is 6.11. The van der Waals surface area contributed by atoms with E-state index >= 15 is 0 Å². The van der Waals surface area contributed by atoms with Gasteiger partial charge in [0.05, 0.1) is 11.1 Å². The molecule has 5 nitrogen and oxygen atoms in total. The maximum absolute atomic E-state index is 12.5. The van der Waals surface area contributed by atoms with Crippen LogP contribution in [0.25, 0.3) is 11.1 Å². The minimum Gasteiger partial charge on any atom is -0.478 e. The van der Waals surface area contributed by atoms with Crippen molar-refractivity contribution >= 4 is 17.7 Å². The third-order valence-electron chi connectivity index (χ3n) is 3.73. The molecular formula is C20H16N2O3. The van der Waals surface area contributed by atoms with E-state index in [2.05, 4.69) is 10.3 Å². The molecule has 0 aliphatic heterocycles. The minimum absolute atomic E-state index is 0.0495. The number of anilines is 1. The molecule has 0 saturated carbocycles. The Hall–Kier alpha value is -3.47. The van der Waals surface area contributed by atoms with E-state index in [0.717, 1.165) is 16.8 Å². The normalized spacial score (nSPS) is 10.3. The van der Waals surface area contributed by atoms with Gasteiger partial charge in [-0.15, -0.1) is 0 Å². The summed E-state index contributed by atoms with van der Waals surface area (Å²) in [5.41, 5.74) is 2.43. The Morgan fingerprint density at radius 2 is 1.64 bits per heavy atom. The van der Waals surface area contributed by atoms with Gasteiger partial charge >= 0.3 is 5.97 Å². The van der Waals surface area contributed by atoms with E-state index in [4.69, 9.17) is 0 Å². The van der Waals surface area contributed by atoms with Gasteiger partial charge in [0.15, 0.2) is 0 Å². The summed E-state index contributed by atoms with van der Waals surface area (Å²) in [7, 11) is 0. The molecule has 0 fully saturated rings. The zero-order chi connectivity index (χ0) is 17.8. The molecule has 2 N–H and O–H groups in total. The van der Waals surface area contributed by atoms with Crippen LogP contribution in [0.5, 0.6) is 0 Å². The quantitative estimate of drug-likeness (QED) is 0.756. The van der Waals surface area contributed by atoms with Crippen LogP contribution >= 0.6 is 0 Å². The average molecular weight is 332 g/mol. The summed E-state index contributed by atoms with van der Waals surface area (Å²) in [5, 5.41) is 12.1. The molecule has 0 aliphatic rings. The van der Waals surface area contributed by atoms with Crippen molar-refractivity contribution in [2.45, 2.75) is 6.92 Å². The largest absolute Gasteiger partial charge is 0.478 e. The van der Waals surface area contributed by atoms with Crippen molar-refractivity contribution in [3.63, 3.8) is 0 Å². The van der Waals surface area contributed by atoms with Crippen LogP contribution in [0.3, 0.4) is 0 Å². The van der Waals surface area contributed by atoms with Gasteiger partial charge in [-0.2, -0.15) is 0 Å². The van der Waals surface area contributed by atoms with E-state index in [1.54, 1.807) is 18.2 Å². The molecule has 0 bridgehead atoms. The van der Waals surface area contributed by atoms with Crippen molar-refractivity contribution in [3.8, 4) is 11.1 Å². The average Bonchev–Trinajstić information content (AvgIpc) is 2.62. The number of carbonyl (C=O) groups excluding carboxylic acids is 1. The SMILES string of the molecule is Cc1cccc(NC(=O)c2ccc(-c3ccccc3)cc2C(=O)O)n1. The number of hydrogen-bond acceptors (Lipinski definition) is 3. The Morgan fingerprint density at radius 3 is 2.32 bits per heavy atom. The molecule has 1 aromatic heterocycles. The fourth-order valence-electron chi connectivity index (χ4n) is 2.53. The van der Waals surface area contributed by atoms with E-state index in [0.29, 0.717) is 5.82 Å². The van der Waals surface area contributed by atoms with Crippen LogP contribution in [0.2, 0.25) is 0 Å². The van der Waals surface area contributed by atoms with E-state index in [1.165, 1.54) is 12.1 Å². The number of hydrogen-bond donors (Lipinski definition) is 2. The fraction of sp³-hybridized carbons (Fsp3) is 0.0500. The van der Waals surface area contributed by atoms with Gasteiger partial charge in [0.25, 0.3) is 5.91 Å². The lowest BCUT2D eigenvalue weighted by Crippen LogP contribution is -2.17. The van der Waals surface area contributed by atoms with Crippen LogP contribution in [0.1, 0.15) is 26.4 Å². The van der Waals surface area contributed by atoms with E-state index in [-0.39, 0.29) is 11.1 Å². The van der Waals surface area contributed by atoms with Crippen molar-refractivity contribution in [1.29, 1.82) is 0 Å². The van der Waals surface area contributed by atoms with E-state index in [1.807, 2.05) is 43.3 Å². The first-order valence-electron chi connectivity index (χ1n) is 7.72. The van der Waals surface area contributed by atoms with Gasteiger partial charge in [-0.25, -0.2) is 9.78 Å². The molecule has 0 unspecified atom stereocenters. The lowest BCUT2D eigenvalue weighted by molar-refractivity contribution is 0.0692. The number of aryl methyl sites for hydroxylation is 1. The Balaban J connectivity index is 1.95. The zero-order valence-electron chi connectivity index (χ0n) is 13.6. The van der Waals surface area contributed by atoms with Gasteiger partial charge in [-0.3, -0.25) is 4.79 Å². The number of carboxylic acids is 1. The Bertz CT molecular complexity index is 937. The van der Waals surface area contributed by atoms with Crippen LogP contribution in [0.15, 0.2) is 66.7 Å². The monoisotopic (exact) mass is 332 g/mol. The maximum Gasteiger partial charge on any atom is 0.336 e. The van der Waals surface area contributed by atoms with Gasteiger partial charge in [0.1, 0.15) is 5.82 Å².